The van der Waals surface area contributed by atoms with Gasteiger partial charge in [-0.05, 0) is 25.6 Å². The fourth-order valence-electron chi connectivity index (χ4n) is 2.70. The number of carbonyl (C=O) groups is 1. The van der Waals surface area contributed by atoms with Crippen molar-refractivity contribution in [2.75, 3.05) is 0 Å². The number of aromatic nitrogens is 1. The van der Waals surface area contributed by atoms with Crippen molar-refractivity contribution in [3.8, 4) is 11.3 Å². The van der Waals surface area contributed by atoms with Crippen molar-refractivity contribution in [1.29, 1.82) is 0 Å². The summed E-state index contributed by atoms with van der Waals surface area (Å²) in [5.41, 5.74) is 2.38. The Hall–Kier alpha value is -1.51. The van der Waals surface area contributed by atoms with Gasteiger partial charge >= 0.3 is 0 Å². The van der Waals surface area contributed by atoms with Crippen molar-refractivity contribution in [3.05, 3.63) is 54.4 Å². The second kappa shape index (κ2) is 7.85. The summed E-state index contributed by atoms with van der Waals surface area (Å²) in [5.74, 6) is -0.0625. The molecule has 0 spiro atoms. The standard InChI is InChI=1S/C13H12NSi.C5H8O2.Pt/c1-15(2)11-7-4-3-6-10(11)13-12(15)8-5-9-14-13;1-4(6)3-5(2)7;/h3-5,7-9H,1-2H3;3,6H,1-2H3;/q-1;;/b;4-3-;. The number of aliphatic hydroxyl groups excluding tert-OH is 1. The topological polar surface area (TPSA) is 50.2 Å². The van der Waals surface area contributed by atoms with Crippen LogP contribution >= 0.6 is 0 Å². The average molecular weight is 506 g/mol. The number of ketones is 1. The Morgan fingerprint density at radius 3 is 2.43 bits per heavy atom. The molecule has 2 aromatic rings. The Kier molecular flexibility index (Phi) is 6.66. The first-order valence-electron chi connectivity index (χ1n) is 7.19. The third-order valence-corrected chi connectivity index (χ3v) is 7.17. The van der Waals surface area contributed by atoms with Gasteiger partial charge in [-0.15, -0.1) is 35.0 Å². The minimum atomic E-state index is -1.48. The predicted molar refractivity (Wildman–Crippen MR) is 92.3 cm³/mol. The smallest absolute Gasteiger partial charge is 0.155 e. The molecule has 0 radical (unpaired) electrons. The number of nitrogens with zero attached hydrogens (tertiary/aromatic N) is 1. The minimum Gasteiger partial charge on any atom is -0.512 e. The van der Waals surface area contributed by atoms with E-state index in [1.807, 2.05) is 18.3 Å². The molecule has 0 bridgehead atoms. The number of benzene rings is 1. The maximum absolute atomic E-state index is 10.0. The van der Waals surface area contributed by atoms with E-state index in [2.05, 4.69) is 42.3 Å². The molecule has 124 valence electrons. The number of hydrogen-bond donors (Lipinski definition) is 1. The molecule has 3 rings (SSSR count). The molecule has 0 atom stereocenters. The van der Waals surface area contributed by atoms with Crippen LogP contribution in [0.25, 0.3) is 11.3 Å². The van der Waals surface area contributed by atoms with Gasteiger partial charge in [0.25, 0.3) is 0 Å². The molecule has 1 aliphatic heterocycles. The first kappa shape index (κ1) is 19.5. The molecule has 1 aromatic heterocycles. The summed E-state index contributed by atoms with van der Waals surface area (Å²) >= 11 is 0. The van der Waals surface area contributed by atoms with Gasteiger partial charge in [0.1, 0.15) is 0 Å². The minimum absolute atomic E-state index is 0. The Morgan fingerprint density at radius 2 is 1.87 bits per heavy atom. The van der Waals surface area contributed by atoms with E-state index in [-0.39, 0.29) is 32.6 Å². The molecule has 0 fully saturated rings. The third-order valence-electron chi connectivity index (χ3n) is 3.66. The van der Waals surface area contributed by atoms with Gasteiger partial charge in [-0.2, -0.15) is 0 Å². The van der Waals surface area contributed by atoms with E-state index in [0.717, 1.165) is 5.69 Å². The van der Waals surface area contributed by atoms with Crippen molar-refractivity contribution in [1.82, 2.24) is 4.98 Å². The maximum Gasteiger partial charge on any atom is 0.155 e. The van der Waals surface area contributed by atoms with Gasteiger partial charge in [-0.1, -0.05) is 24.3 Å². The van der Waals surface area contributed by atoms with Crippen LogP contribution in [-0.2, 0) is 25.9 Å². The summed E-state index contributed by atoms with van der Waals surface area (Å²) in [7, 11) is -1.48. The van der Waals surface area contributed by atoms with E-state index < -0.39 is 8.07 Å². The Balaban J connectivity index is 0.000000287. The number of allylic oxidation sites excluding steroid dienone is 2. The number of aliphatic hydroxyl groups is 1. The van der Waals surface area contributed by atoms with Gasteiger partial charge in [-0.3, -0.25) is 4.79 Å². The van der Waals surface area contributed by atoms with Crippen LogP contribution in [0.3, 0.4) is 0 Å². The van der Waals surface area contributed by atoms with E-state index >= 15 is 0 Å². The molecule has 0 amide bonds. The molecular formula is C18H20NO2PtSi-. The zero-order chi connectivity index (χ0) is 16.3. The van der Waals surface area contributed by atoms with Crippen molar-refractivity contribution in [3.63, 3.8) is 0 Å². The summed E-state index contributed by atoms with van der Waals surface area (Å²) in [5, 5.41) is 11.3. The maximum atomic E-state index is 10.0. The second-order valence-corrected chi connectivity index (χ2v) is 10.2. The van der Waals surface area contributed by atoms with Gasteiger partial charge in [0.05, 0.1) is 13.8 Å². The predicted octanol–water partition coefficient (Wildman–Crippen LogP) is 2.72. The van der Waals surface area contributed by atoms with Gasteiger partial charge in [0.15, 0.2) is 5.78 Å². The summed E-state index contributed by atoms with van der Waals surface area (Å²) < 4.78 is 0. The fourth-order valence-corrected chi connectivity index (χ4v) is 5.61. The molecule has 5 heteroatoms. The van der Waals surface area contributed by atoms with Gasteiger partial charge in [-0.25, -0.2) is 0 Å². The van der Waals surface area contributed by atoms with Crippen LogP contribution in [-0.4, -0.2) is 23.9 Å². The summed E-state index contributed by atoms with van der Waals surface area (Å²) in [6.45, 7) is 7.61. The van der Waals surface area contributed by atoms with Gasteiger partial charge in [0, 0.05) is 33.3 Å². The first-order valence-corrected chi connectivity index (χ1v) is 10.2. The van der Waals surface area contributed by atoms with Crippen molar-refractivity contribution in [2.45, 2.75) is 26.9 Å². The molecule has 1 aliphatic rings. The molecular weight excluding hydrogens is 485 g/mol. The molecule has 1 N–H and O–H groups in total. The van der Waals surface area contributed by atoms with Crippen LogP contribution in [0.2, 0.25) is 13.1 Å². The fraction of sp³-hybridized carbons (Fsp3) is 0.222. The second-order valence-electron chi connectivity index (χ2n) is 5.88. The molecule has 23 heavy (non-hydrogen) atoms. The Labute approximate surface area is 152 Å². The monoisotopic (exact) mass is 505 g/mol. The van der Waals surface area contributed by atoms with Crippen molar-refractivity contribution < 1.29 is 31.0 Å². The largest absolute Gasteiger partial charge is 0.512 e. The number of carbonyl (C=O) groups excluding carboxylic acids is 1. The molecule has 0 unspecified atom stereocenters. The quantitative estimate of drug-likeness (QED) is 0.281. The van der Waals surface area contributed by atoms with E-state index in [1.54, 1.807) is 0 Å². The van der Waals surface area contributed by atoms with Crippen LogP contribution in [0.1, 0.15) is 13.8 Å². The van der Waals surface area contributed by atoms with Crippen LogP contribution in [0, 0.1) is 6.07 Å². The van der Waals surface area contributed by atoms with Crippen LogP contribution in [0.15, 0.2) is 48.4 Å². The Bertz CT molecular complexity index is 690. The molecule has 1 aromatic carbocycles. The number of rotatable bonds is 1. The number of hydrogen-bond acceptors (Lipinski definition) is 3. The zero-order valence-corrected chi connectivity index (χ0v) is 16.9. The van der Waals surface area contributed by atoms with Gasteiger partial charge in [0.2, 0.25) is 0 Å². The zero-order valence-electron chi connectivity index (χ0n) is 13.7. The van der Waals surface area contributed by atoms with Crippen LogP contribution in [0.4, 0.5) is 0 Å². The van der Waals surface area contributed by atoms with Crippen molar-refractivity contribution in [2.24, 2.45) is 0 Å². The number of fused-ring (bicyclic) bond motifs is 3. The van der Waals surface area contributed by atoms with E-state index in [1.165, 1.54) is 35.9 Å². The molecule has 3 nitrogen and oxygen atoms in total. The Morgan fingerprint density at radius 1 is 1.22 bits per heavy atom. The van der Waals surface area contributed by atoms with Crippen LogP contribution < -0.4 is 10.4 Å². The average Bonchev–Trinajstić information content (AvgIpc) is 2.68. The third kappa shape index (κ3) is 4.27. The summed E-state index contributed by atoms with van der Waals surface area (Å²) in [6.07, 6.45) is 3.04. The summed E-state index contributed by atoms with van der Waals surface area (Å²) in [4.78, 5) is 14.5. The molecule has 0 saturated carbocycles. The summed E-state index contributed by atoms with van der Waals surface area (Å²) in [6, 6.07) is 13.9. The molecule has 0 saturated heterocycles. The van der Waals surface area contributed by atoms with E-state index in [0.29, 0.717) is 0 Å². The van der Waals surface area contributed by atoms with Crippen LogP contribution in [0.5, 0.6) is 0 Å². The normalized spacial score (nSPS) is 13.8. The SMILES string of the molecule is CC(=O)/C=C(/C)O.C[Si]1(C)c2ccc[c-]c2-c2ncccc21.[Pt]. The molecule has 2 heterocycles. The van der Waals surface area contributed by atoms with Gasteiger partial charge < -0.3 is 10.1 Å². The molecule has 0 aliphatic carbocycles. The van der Waals surface area contributed by atoms with E-state index in [9.17, 15) is 4.79 Å². The van der Waals surface area contributed by atoms with Crippen molar-refractivity contribution >= 4 is 24.2 Å². The number of pyridine rings is 1. The van der Waals surface area contributed by atoms with E-state index in [4.69, 9.17) is 5.11 Å². The first-order chi connectivity index (χ1) is 10.3.